The van der Waals surface area contributed by atoms with E-state index in [-0.39, 0.29) is 5.54 Å². The Hall–Kier alpha value is -1.16. The standard InChI is InChI=1S/C12H17N3S/c1-12(2,3)13-11-14-15(4)9-7-5-6-8-10(9)16-11/h5-8H,1-4H3,(H,13,14). The number of thioether (sulfide) groups is 1. The lowest BCUT2D eigenvalue weighted by Crippen LogP contribution is -2.42. The second-order valence-electron chi connectivity index (χ2n) is 4.83. The monoisotopic (exact) mass is 235 g/mol. The summed E-state index contributed by atoms with van der Waals surface area (Å²) in [4.78, 5) is 5.89. The molecule has 2 rings (SSSR count). The molecule has 0 spiro atoms. The van der Waals surface area contributed by atoms with E-state index in [1.165, 1.54) is 10.6 Å². The predicted octanol–water partition coefficient (Wildman–Crippen LogP) is 2.89. The average molecular weight is 235 g/mol. The third-order valence-corrected chi connectivity index (χ3v) is 3.07. The first-order valence-electron chi connectivity index (χ1n) is 5.33. The summed E-state index contributed by atoms with van der Waals surface area (Å²) in [6, 6.07) is 8.32. The van der Waals surface area contributed by atoms with E-state index in [9.17, 15) is 0 Å². The number of nitrogens with zero attached hydrogens (tertiary/aromatic N) is 2. The summed E-state index contributed by atoms with van der Waals surface area (Å²) in [6.45, 7) is 6.30. The summed E-state index contributed by atoms with van der Waals surface area (Å²) in [5.74, 6) is 0. The number of fused-ring (bicyclic) bond motifs is 1. The summed E-state index contributed by atoms with van der Waals surface area (Å²) < 4.78 is 0. The normalized spacial score (nSPS) is 18.2. The zero-order valence-corrected chi connectivity index (χ0v) is 10.9. The SMILES string of the molecule is CN1NC(=NC(C)(C)C)Sc2ccccc21. The third-order valence-electron chi connectivity index (χ3n) is 2.13. The van der Waals surface area contributed by atoms with E-state index in [1.807, 2.05) is 18.1 Å². The molecule has 0 bridgehead atoms. The Kier molecular flexibility index (Phi) is 2.84. The van der Waals surface area contributed by atoms with Gasteiger partial charge in [-0.1, -0.05) is 12.1 Å². The lowest BCUT2D eigenvalue weighted by molar-refractivity contribution is 0.581. The minimum absolute atomic E-state index is 0.0531. The second-order valence-corrected chi connectivity index (χ2v) is 5.86. The van der Waals surface area contributed by atoms with Crippen LogP contribution in [-0.4, -0.2) is 17.8 Å². The fraction of sp³-hybridized carbons (Fsp3) is 0.417. The molecule has 1 aliphatic rings. The fourth-order valence-corrected chi connectivity index (χ4v) is 2.67. The maximum absolute atomic E-state index is 4.64. The van der Waals surface area contributed by atoms with E-state index >= 15 is 0 Å². The first-order valence-corrected chi connectivity index (χ1v) is 6.14. The molecule has 0 aliphatic carbocycles. The molecule has 1 N–H and O–H groups in total. The number of aliphatic imine (C=N–C) groups is 1. The van der Waals surface area contributed by atoms with E-state index in [4.69, 9.17) is 0 Å². The Balaban J connectivity index is 2.31. The minimum atomic E-state index is -0.0531. The van der Waals surface area contributed by atoms with Crippen LogP contribution in [0.1, 0.15) is 20.8 Å². The predicted molar refractivity (Wildman–Crippen MR) is 71.0 cm³/mol. The van der Waals surface area contributed by atoms with Gasteiger partial charge in [-0.3, -0.25) is 15.4 Å². The van der Waals surface area contributed by atoms with Gasteiger partial charge < -0.3 is 0 Å². The molecule has 0 saturated heterocycles. The van der Waals surface area contributed by atoms with Crippen LogP contribution >= 0.6 is 11.8 Å². The van der Waals surface area contributed by atoms with Gasteiger partial charge in [0.2, 0.25) is 0 Å². The number of hydrogen-bond acceptors (Lipinski definition) is 3. The summed E-state index contributed by atoms with van der Waals surface area (Å²) in [5.41, 5.74) is 4.42. The van der Waals surface area contributed by atoms with Crippen molar-refractivity contribution in [2.45, 2.75) is 31.2 Å². The van der Waals surface area contributed by atoms with Crippen molar-refractivity contribution in [2.24, 2.45) is 4.99 Å². The van der Waals surface area contributed by atoms with Gasteiger partial charge >= 0.3 is 0 Å². The zero-order valence-electron chi connectivity index (χ0n) is 10.1. The summed E-state index contributed by atoms with van der Waals surface area (Å²) >= 11 is 1.68. The van der Waals surface area contributed by atoms with Crippen LogP contribution in [0.3, 0.4) is 0 Å². The highest BCUT2D eigenvalue weighted by Crippen LogP contribution is 2.33. The molecule has 3 nitrogen and oxygen atoms in total. The van der Waals surface area contributed by atoms with Crippen LogP contribution in [0.2, 0.25) is 0 Å². The highest BCUT2D eigenvalue weighted by atomic mass is 32.2. The van der Waals surface area contributed by atoms with Gasteiger partial charge in [0.15, 0.2) is 5.17 Å². The van der Waals surface area contributed by atoms with Crippen LogP contribution in [0.5, 0.6) is 0 Å². The van der Waals surface area contributed by atoms with Crippen molar-refractivity contribution >= 4 is 22.6 Å². The van der Waals surface area contributed by atoms with Crippen molar-refractivity contribution in [3.05, 3.63) is 24.3 Å². The Morgan fingerprint density at radius 2 is 1.94 bits per heavy atom. The number of hydrogen-bond donors (Lipinski definition) is 1. The third kappa shape index (κ3) is 2.50. The molecule has 0 aromatic heterocycles. The van der Waals surface area contributed by atoms with Gasteiger partial charge in [0, 0.05) is 11.9 Å². The number of anilines is 1. The van der Waals surface area contributed by atoms with Crippen LogP contribution in [-0.2, 0) is 0 Å². The number of hydrazine groups is 1. The van der Waals surface area contributed by atoms with Gasteiger partial charge in [0.05, 0.1) is 11.2 Å². The first kappa shape index (κ1) is 11.3. The fourth-order valence-electron chi connectivity index (χ4n) is 1.50. The largest absolute Gasteiger partial charge is 0.288 e. The quantitative estimate of drug-likeness (QED) is 0.749. The molecule has 0 saturated carbocycles. The Labute approximate surface area is 101 Å². The molecular formula is C12H17N3S. The van der Waals surface area contributed by atoms with Gasteiger partial charge in [-0.25, -0.2) is 0 Å². The topological polar surface area (TPSA) is 27.6 Å². The van der Waals surface area contributed by atoms with Crippen LogP contribution in [0, 0.1) is 0 Å². The lowest BCUT2D eigenvalue weighted by atomic mass is 10.1. The maximum Gasteiger partial charge on any atom is 0.181 e. The molecule has 1 aliphatic heterocycles. The van der Waals surface area contributed by atoms with Gasteiger partial charge in [-0.05, 0) is 44.7 Å². The summed E-state index contributed by atoms with van der Waals surface area (Å²) in [6.07, 6.45) is 0. The Bertz CT molecular complexity index is 421. The number of benzene rings is 1. The molecule has 0 unspecified atom stereocenters. The highest BCUT2D eigenvalue weighted by Gasteiger charge is 2.20. The smallest absolute Gasteiger partial charge is 0.181 e. The van der Waals surface area contributed by atoms with E-state index in [1.54, 1.807) is 11.8 Å². The summed E-state index contributed by atoms with van der Waals surface area (Å²) in [5, 5.41) is 2.96. The van der Waals surface area contributed by atoms with Crippen molar-refractivity contribution in [1.29, 1.82) is 0 Å². The molecule has 86 valence electrons. The molecule has 4 heteroatoms. The highest BCUT2D eigenvalue weighted by molar-refractivity contribution is 8.14. The number of para-hydroxylation sites is 1. The number of amidine groups is 1. The van der Waals surface area contributed by atoms with Crippen molar-refractivity contribution < 1.29 is 0 Å². The first-order chi connectivity index (χ1) is 7.46. The van der Waals surface area contributed by atoms with Gasteiger partial charge in [-0.15, -0.1) is 0 Å². The van der Waals surface area contributed by atoms with Crippen LogP contribution in [0.25, 0.3) is 0 Å². The van der Waals surface area contributed by atoms with Crippen molar-refractivity contribution in [2.75, 3.05) is 12.1 Å². The molecular weight excluding hydrogens is 218 g/mol. The number of rotatable bonds is 0. The zero-order chi connectivity index (χ0) is 11.8. The molecule has 0 atom stereocenters. The second kappa shape index (κ2) is 4.01. The molecule has 0 amide bonds. The van der Waals surface area contributed by atoms with Crippen LogP contribution in [0.15, 0.2) is 34.2 Å². The maximum atomic E-state index is 4.64. The molecule has 1 heterocycles. The van der Waals surface area contributed by atoms with Gasteiger partial charge in [-0.2, -0.15) is 0 Å². The van der Waals surface area contributed by atoms with E-state index in [0.717, 1.165) is 5.17 Å². The van der Waals surface area contributed by atoms with Crippen molar-refractivity contribution in [3.63, 3.8) is 0 Å². The van der Waals surface area contributed by atoms with Gasteiger partial charge in [0.1, 0.15) is 0 Å². The molecule has 0 radical (unpaired) electrons. The summed E-state index contributed by atoms with van der Waals surface area (Å²) in [7, 11) is 2.01. The molecule has 1 aromatic carbocycles. The lowest BCUT2D eigenvalue weighted by Gasteiger charge is -2.30. The van der Waals surface area contributed by atoms with E-state index < -0.39 is 0 Å². The van der Waals surface area contributed by atoms with E-state index in [2.05, 4.69) is 49.4 Å². The minimum Gasteiger partial charge on any atom is -0.288 e. The number of nitrogens with one attached hydrogen (secondary N) is 1. The Morgan fingerprint density at radius 1 is 1.25 bits per heavy atom. The van der Waals surface area contributed by atoms with Crippen LogP contribution in [0.4, 0.5) is 5.69 Å². The van der Waals surface area contributed by atoms with Crippen molar-refractivity contribution in [3.8, 4) is 0 Å². The van der Waals surface area contributed by atoms with Crippen molar-refractivity contribution in [1.82, 2.24) is 5.43 Å². The molecule has 16 heavy (non-hydrogen) atoms. The Morgan fingerprint density at radius 3 is 2.62 bits per heavy atom. The molecule has 0 fully saturated rings. The van der Waals surface area contributed by atoms with E-state index in [0.29, 0.717) is 0 Å². The molecule has 1 aromatic rings. The average Bonchev–Trinajstić information content (AvgIpc) is 2.15. The van der Waals surface area contributed by atoms with Crippen LogP contribution < -0.4 is 10.4 Å². The van der Waals surface area contributed by atoms with Gasteiger partial charge in [0.25, 0.3) is 0 Å².